The Morgan fingerprint density at radius 2 is 0.902 bits per heavy atom. The third-order valence-electron chi connectivity index (χ3n) is 9.06. The summed E-state index contributed by atoms with van der Waals surface area (Å²) in [6, 6.07) is 38.5. The summed E-state index contributed by atoms with van der Waals surface area (Å²) in [5.41, 5.74) is 6.80. The molecule has 0 saturated heterocycles. The number of pyridine rings is 1. The van der Waals surface area contributed by atoms with Crippen LogP contribution in [0.3, 0.4) is 0 Å². The molecule has 0 spiro atoms. The van der Waals surface area contributed by atoms with Gasteiger partial charge in [0.15, 0.2) is 22.7 Å². The lowest BCUT2D eigenvalue weighted by Gasteiger charge is -2.14. The fourth-order valence-electron chi connectivity index (χ4n) is 6.50. The van der Waals surface area contributed by atoms with E-state index in [0.29, 0.717) is 23.2 Å². The van der Waals surface area contributed by atoms with Crippen molar-refractivity contribution in [2.24, 2.45) is 0 Å². The monoisotopic (exact) mass is 690 g/mol. The molecule has 2 aliphatic carbocycles. The number of nitrogens with zero attached hydrogens (tertiary/aromatic N) is 5. The number of anilines is 2. The van der Waals surface area contributed by atoms with Crippen LogP contribution in [0, 0.1) is 0 Å². The standard InChI is InChI=1S/C41H31N7O2.ClH/c1-47(2)24-16-18-30-34(20-24)49-36-22-32(26-10-5-7-12-28(26)40(36)44-30)42-38-14-9-15-39(46-38)43-33-23-37-41(29-13-8-6-11-27(29)33)45-31-19-17-25(48(3)4)21-35(31)50-37;/h5-23H,1-4H3;1H/p+1/b42-32+,43-33?;. The molecule has 10 heteroatoms. The van der Waals surface area contributed by atoms with E-state index in [9.17, 15) is 0 Å². The fraction of sp³-hybridized carbons (Fsp3) is 0.0976. The summed E-state index contributed by atoms with van der Waals surface area (Å²) in [6.07, 6.45) is 0. The fourth-order valence-corrected chi connectivity index (χ4v) is 6.50. The molecule has 4 aliphatic rings. The summed E-state index contributed by atoms with van der Waals surface area (Å²) in [7, 11) is 8.05. The van der Waals surface area contributed by atoms with Gasteiger partial charge in [0, 0.05) is 102 Å². The highest BCUT2D eigenvalue weighted by Crippen LogP contribution is 2.32. The molecule has 9 rings (SSSR count). The predicted molar refractivity (Wildman–Crippen MR) is 197 cm³/mol. The normalized spacial score (nSPS) is 12.4. The first-order valence-electron chi connectivity index (χ1n) is 16.4. The van der Waals surface area contributed by atoms with Crippen LogP contribution < -0.4 is 42.9 Å². The van der Waals surface area contributed by atoms with E-state index in [1.165, 1.54) is 0 Å². The summed E-state index contributed by atoms with van der Waals surface area (Å²) in [4.78, 5) is 26.2. The third-order valence-corrected chi connectivity index (χ3v) is 9.06. The highest BCUT2D eigenvalue weighted by molar-refractivity contribution is 5.97. The summed E-state index contributed by atoms with van der Waals surface area (Å²) >= 11 is 0. The number of hydrogen-bond donors (Lipinski definition) is 2. The summed E-state index contributed by atoms with van der Waals surface area (Å²) in [5.74, 6) is 2.74. The number of fused-ring (bicyclic) bond motifs is 8. The van der Waals surface area contributed by atoms with Gasteiger partial charge in [0.1, 0.15) is 33.1 Å². The van der Waals surface area contributed by atoms with Crippen molar-refractivity contribution in [3.8, 4) is 22.9 Å². The molecular formula is C41H33ClN7O2+. The first kappa shape index (κ1) is 31.9. The Labute approximate surface area is 299 Å². The molecule has 9 nitrogen and oxygen atoms in total. The maximum Gasteiger partial charge on any atom is 0.326 e. The maximum absolute atomic E-state index is 6.47. The topological polar surface area (TPSA) is 99.4 Å². The second-order valence-corrected chi connectivity index (χ2v) is 12.8. The van der Waals surface area contributed by atoms with Gasteiger partial charge in [0.25, 0.3) is 0 Å². The average Bonchev–Trinajstić information content (AvgIpc) is 3.13. The van der Waals surface area contributed by atoms with Crippen molar-refractivity contribution in [1.29, 1.82) is 0 Å². The van der Waals surface area contributed by atoms with E-state index in [-0.39, 0.29) is 12.4 Å². The van der Waals surface area contributed by atoms with Crippen LogP contribution in [-0.4, -0.2) is 43.1 Å². The van der Waals surface area contributed by atoms with Crippen LogP contribution in [0.5, 0.6) is 0 Å². The smallest absolute Gasteiger partial charge is 0.326 e. The number of benzene rings is 6. The molecular weight excluding hydrogens is 658 g/mol. The Bertz CT molecular complexity index is 2670. The SMILES string of the molecule is CN(C)c1ccc2nc3c4ccccc4c(=[NH+]c4cccc(/[NH+]=c5\cc6oc7cc(N(C)C)ccc7nc-6c6ccccc56)n4)cc-3oc2c1.[Cl-]. The Kier molecular flexibility index (Phi) is 7.84. The van der Waals surface area contributed by atoms with Crippen LogP contribution in [0.2, 0.25) is 0 Å². The van der Waals surface area contributed by atoms with Crippen LogP contribution in [0.15, 0.2) is 124 Å². The zero-order valence-corrected chi connectivity index (χ0v) is 29.2. The number of nitrogens with one attached hydrogen (secondary N) is 2. The van der Waals surface area contributed by atoms with E-state index in [2.05, 4.69) is 56.2 Å². The van der Waals surface area contributed by atoms with E-state index in [1.54, 1.807) is 0 Å². The number of hydrogen-bond acceptors (Lipinski definition) is 7. The molecule has 2 N–H and O–H groups in total. The van der Waals surface area contributed by atoms with Crippen LogP contribution in [0.4, 0.5) is 23.0 Å². The van der Waals surface area contributed by atoms with Gasteiger partial charge in [0.2, 0.25) is 0 Å². The maximum atomic E-state index is 6.47. The van der Waals surface area contributed by atoms with Gasteiger partial charge in [-0.3, -0.25) is 0 Å². The van der Waals surface area contributed by atoms with Crippen molar-refractivity contribution in [3.05, 3.63) is 126 Å². The lowest BCUT2D eigenvalue weighted by atomic mass is 10.0. The Balaban J connectivity index is 0.00000374. The number of rotatable bonds is 4. The molecule has 3 heterocycles. The van der Waals surface area contributed by atoms with Gasteiger partial charge in [0.05, 0.1) is 0 Å². The summed E-state index contributed by atoms with van der Waals surface area (Å²) in [5, 5.41) is 5.77. The third kappa shape index (κ3) is 5.67. The van der Waals surface area contributed by atoms with Crippen LogP contribution in [-0.2, 0) is 0 Å². The number of aromatic nitrogens is 3. The minimum atomic E-state index is 0. The highest BCUT2D eigenvalue weighted by Gasteiger charge is 2.19. The molecule has 0 amide bonds. The highest BCUT2D eigenvalue weighted by atomic mass is 35.5. The molecule has 5 aromatic rings. The quantitative estimate of drug-likeness (QED) is 0.214. The van der Waals surface area contributed by atoms with Crippen LogP contribution in [0.1, 0.15) is 0 Å². The van der Waals surface area contributed by atoms with Crippen molar-refractivity contribution in [3.63, 3.8) is 0 Å². The van der Waals surface area contributed by atoms with Crippen LogP contribution >= 0.6 is 0 Å². The molecule has 0 atom stereocenters. The molecule has 2 aliphatic heterocycles. The van der Waals surface area contributed by atoms with Gasteiger partial charge in [-0.05, 0) is 30.3 Å². The number of halogens is 1. The van der Waals surface area contributed by atoms with E-state index in [0.717, 1.165) is 77.2 Å². The first-order chi connectivity index (χ1) is 24.4. The molecule has 0 bridgehead atoms. The zero-order chi connectivity index (χ0) is 33.9. The molecule has 0 radical (unpaired) electrons. The molecule has 250 valence electrons. The molecule has 4 aromatic carbocycles. The summed E-state index contributed by atoms with van der Waals surface area (Å²) < 4.78 is 12.9. The van der Waals surface area contributed by atoms with Gasteiger partial charge < -0.3 is 31.0 Å². The van der Waals surface area contributed by atoms with Crippen molar-refractivity contribution in [2.45, 2.75) is 0 Å². The van der Waals surface area contributed by atoms with E-state index in [4.69, 9.17) is 23.8 Å². The second kappa shape index (κ2) is 12.5. The Morgan fingerprint density at radius 1 is 0.471 bits per heavy atom. The van der Waals surface area contributed by atoms with Crippen molar-refractivity contribution in [2.75, 3.05) is 38.0 Å². The lowest BCUT2D eigenvalue weighted by Crippen LogP contribution is -3.00. The Hall–Kier alpha value is -6.32. The minimum Gasteiger partial charge on any atom is -1.00 e. The van der Waals surface area contributed by atoms with Crippen LogP contribution in [0.25, 0.3) is 66.7 Å². The van der Waals surface area contributed by atoms with Crippen molar-refractivity contribution in [1.82, 2.24) is 15.0 Å². The zero-order valence-electron chi connectivity index (χ0n) is 28.4. The average molecular weight is 691 g/mol. The van der Waals surface area contributed by atoms with Crippen molar-refractivity contribution < 1.29 is 31.2 Å². The summed E-state index contributed by atoms with van der Waals surface area (Å²) in [6.45, 7) is 0. The van der Waals surface area contributed by atoms with Gasteiger partial charge in [-0.25, -0.2) is 20.0 Å². The molecule has 0 unspecified atom stereocenters. The Morgan fingerprint density at radius 3 is 1.33 bits per heavy atom. The minimum absolute atomic E-state index is 0. The molecule has 0 fully saturated rings. The molecule has 51 heavy (non-hydrogen) atoms. The molecule has 1 aromatic heterocycles. The van der Waals surface area contributed by atoms with E-state index in [1.807, 2.05) is 107 Å². The van der Waals surface area contributed by atoms with Gasteiger partial charge >= 0.3 is 11.6 Å². The second-order valence-electron chi connectivity index (χ2n) is 12.8. The first-order valence-corrected chi connectivity index (χ1v) is 16.4. The van der Waals surface area contributed by atoms with Crippen molar-refractivity contribution >= 4 is 66.8 Å². The van der Waals surface area contributed by atoms with E-state index < -0.39 is 0 Å². The van der Waals surface area contributed by atoms with Gasteiger partial charge in [-0.15, -0.1) is 0 Å². The van der Waals surface area contributed by atoms with E-state index >= 15 is 0 Å². The largest absolute Gasteiger partial charge is 1.00 e. The van der Waals surface area contributed by atoms with Gasteiger partial charge in [-0.1, -0.05) is 48.5 Å². The van der Waals surface area contributed by atoms with Gasteiger partial charge in [-0.2, -0.15) is 0 Å². The lowest BCUT2D eigenvalue weighted by molar-refractivity contribution is -0.419. The molecule has 0 saturated carbocycles. The predicted octanol–water partition coefficient (Wildman–Crippen LogP) is 1.64.